The highest BCUT2D eigenvalue weighted by molar-refractivity contribution is 6.39. The molecule has 3 N–H and O–H groups in total. The van der Waals surface area contributed by atoms with Crippen molar-refractivity contribution in [3.63, 3.8) is 0 Å². The lowest BCUT2D eigenvalue weighted by Gasteiger charge is -2.38. The van der Waals surface area contributed by atoms with Crippen molar-refractivity contribution in [1.29, 1.82) is 0 Å². The Morgan fingerprint density at radius 2 is 1.51 bits per heavy atom. The number of imide groups is 1. The van der Waals surface area contributed by atoms with Crippen LogP contribution in [0.5, 0.6) is 0 Å². The zero-order valence-corrected chi connectivity index (χ0v) is 18.5. The standard InChI is InChI=1S/C26H19N3O6/c1-25-26(33,11-30)10-16(35-25)27-14-8-4-2-6-12(14)17-19-20(24(32)29(34)23(19)31)18-13-7-3-5-9-15(13)28(25)22(18)21(17)27/h2-9,16,30,33-34H,10-11H2,1H3. The molecule has 3 aromatic carbocycles. The van der Waals surface area contributed by atoms with E-state index < -0.39 is 36.0 Å². The number of hydrogen-bond donors (Lipinski definition) is 3. The van der Waals surface area contributed by atoms with Crippen LogP contribution in [0.2, 0.25) is 0 Å². The van der Waals surface area contributed by atoms with E-state index in [0.717, 1.165) is 10.9 Å². The molecule has 174 valence electrons. The zero-order valence-electron chi connectivity index (χ0n) is 18.5. The highest BCUT2D eigenvalue weighted by atomic mass is 16.6. The number of aliphatic hydroxyl groups excluding tert-OH is 1. The van der Waals surface area contributed by atoms with Crippen molar-refractivity contribution in [2.24, 2.45) is 0 Å². The van der Waals surface area contributed by atoms with Gasteiger partial charge >= 0.3 is 0 Å². The van der Waals surface area contributed by atoms with Gasteiger partial charge in [-0.15, -0.1) is 5.06 Å². The third kappa shape index (κ3) is 1.85. The Labute approximate surface area is 196 Å². The maximum absolute atomic E-state index is 13.3. The number of rotatable bonds is 1. The Hall–Kier alpha value is -3.76. The number of hydroxylamine groups is 2. The van der Waals surface area contributed by atoms with Crippen LogP contribution in [0, 0.1) is 0 Å². The molecule has 3 aliphatic rings. The highest BCUT2D eigenvalue weighted by Crippen LogP contribution is 2.57. The number of fused-ring (bicyclic) bond motifs is 13. The number of nitrogens with zero attached hydrogens (tertiary/aromatic N) is 3. The van der Waals surface area contributed by atoms with Gasteiger partial charge in [0.2, 0.25) is 0 Å². The van der Waals surface area contributed by atoms with Gasteiger partial charge in [0.25, 0.3) is 11.8 Å². The van der Waals surface area contributed by atoms with Crippen LogP contribution in [0.15, 0.2) is 48.5 Å². The molecule has 0 radical (unpaired) electrons. The molecule has 8 rings (SSSR count). The van der Waals surface area contributed by atoms with Crippen LogP contribution < -0.4 is 0 Å². The lowest BCUT2D eigenvalue weighted by atomic mass is 9.89. The van der Waals surface area contributed by atoms with Gasteiger partial charge in [-0.3, -0.25) is 14.8 Å². The first-order valence-corrected chi connectivity index (χ1v) is 11.4. The van der Waals surface area contributed by atoms with Gasteiger partial charge in [0.05, 0.1) is 39.8 Å². The van der Waals surface area contributed by atoms with E-state index in [1.807, 2.05) is 57.7 Å². The molecule has 3 aliphatic heterocycles. The predicted octanol–water partition coefficient (Wildman–Crippen LogP) is 3.22. The van der Waals surface area contributed by atoms with E-state index in [4.69, 9.17) is 4.74 Å². The molecule has 2 amide bonds. The average Bonchev–Trinajstić information content (AvgIpc) is 3.50. The summed E-state index contributed by atoms with van der Waals surface area (Å²) in [5.41, 5.74) is 0.0589. The smallest absolute Gasteiger partial charge is 0.286 e. The third-order valence-electron chi connectivity index (χ3n) is 8.29. The SMILES string of the molecule is CC12OC(CC1(O)CO)n1c3ccccc3c3c4c(c5c6ccccc6n2c5c31)C(=O)N(O)C4=O. The van der Waals surface area contributed by atoms with Crippen molar-refractivity contribution < 1.29 is 29.7 Å². The van der Waals surface area contributed by atoms with Crippen LogP contribution in [0.4, 0.5) is 0 Å². The molecule has 0 aliphatic carbocycles. The van der Waals surface area contributed by atoms with Gasteiger partial charge in [-0.05, 0) is 19.1 Å². The molecule has 5 aromatic rings. The van der Waals surface area contributed by atoms with Crippen molar-refractivity contribution in [2.75, 3.05) is 6.61 Å². The number of amides is 2. The Bertz CT molecular complexity index is 1850. The molecule has 0 spiro atoms. The van der Waals surface area contributed by atoms with Crippen molar-refractivity contribution >= 4 is 55.4 Å². The second kappa shape index (κ2) is 5.72. The molecule has 2 bridgehead atoms. The molecular weight excluding hydrogens is 450 g/mol. The molecule has 0 saturated carbocycles. The molecule has 1 saturated heterocycles. The lowest BCUT2D eigenvalue weighted by molar-refractivity contribution is -0.189. The summed E-state index contributed by atoms with van der Waals surface area (Å²) in [7, 11) is 0. The van der Waals surface area contributed by atoms with E-state index >= 15 is 0 Å². The minimum Gasteiger partial charge on any atom is -0.393 e. The largest absolute Gasteiger partial charge is 0.393 e. The number of para-hydroxylation sites is 2. The first-order valence-electron chi connectivity index (χ1n) is 11.4. The molecular formula is C26H19N3O6. The molecule has 3 atom stereocenters. The van der Waals surface area contributed by atoms with E-state index in [0.29, 0.717) is 32.7 Å². The molecule has 1 fully saturated rings. The second-order valence-corrected chi connectivity index (χ2v) is 9.81. The maximum Gasteiger partial charge on any atom is 0.286 e. The summed E-state index contributed by atoms with van der Waals surface area (Å²) in [5.74, 6) is -1.55. The molecule has 2 aromatic heterocycles. The fourth-order valence-corrected chi connectivity index (χ4v) is 6.70. The van der Waals surface area contributed by atoms with Gasteiger partial charge in [-0.25, -0.2) is 0 Å². The van der Waals surface area contributed by atoms with Crippen LogP contribution >= 0.6 is 0 Å². The summed E-state index contributed by atoms with van der Waals surface area (Å²) in [6.45, 7) is 1.21. The van der Waals surface area contributed by atoms with E-state index in [1.54, 1.807) is 6.92 Å². The van der Waals surface area contributed by atoms with Crippen LogP contribution in [-0.2, 0) is 10.5 Å². The van der Waals surface area contributed by atoms with Gasteiger partial charge in [0.1, 0.15) is 11.8 Å². The van der Waals surface area contributed by atoms with Crippen molar-refractivity contribution in [2.45, 2.75) is 30.9 Å². The van der Waals surface area contributed by atoms with Crippen LogP contribution in [0.3, 0.4) is 0 Å². The molecule has 35 heavy (non-hydrogen) atoms. The summed E-state index contributed by atoms with van der Waals surface area (Å²) >= 11 is 0. The molecule has 5 heterocycles. The summed E-state index contributed by atoms with van der Waals surface area (Å²) in [4.78, 5) is 26.6. The van der Waals surface area contributed by atoms with E-state index in [2.05, 4.69) is 0 Å². The predicted molar refractivity (Wildman–Crippen MR) is 125 cm³/mol. The number of aliphatic hydroxyl groups is 2. The Balaban J connectivity index is 1.78. The van der Waals surface area contributed by atoms with Crippen LogP contribution in [0.1, 0.15) is 40.3 Å². The number of aromatic nitrogens is 2. The fraction of sp³-hybridized carbons (Fsp3) is 0.231. The van der Waals surface area contributed by atoms with E-state index in [1.165, 1.54) is 0 Å². The lowest BCUT2D eigenvalue weighted by Crippen LogP contribution is -2.53. The van der Waals surface area contributed by atoms with Crippen molar-refractivity contribution in [1.82, 2.24) is 14.2 Å². The number of ether oxygens (including phenoxy) is 1. The quantitative estimate of drug-likeness (QED) is 0.256. The van der Waals surface area contributed by atoms with E-state index in [-0.39, 0.29) is 22.6 Å². The van der Waals surface area contributed by atoms with Gasteiger partial charge in [0, 0.05) is 28.0 Å². The Morgan fingerprint density at radius 1 is 0.943 bits per heavy atom. The molecule has 3 unspecified atom stereocenters. The number of carbonyl (C=O) groups is 2. The summed E-state index contributed by atoms with van der Waals surface area (Å²) in [6.07, 6.45) is -0.519. The zero-order chi connectivity index (χ0) is 24.0. The van der Waals surface area contributed by atoms with Crippen LogP contribution in [-0.4, -0.2) is 53.6 Å². The monoisotopic (exact) mass is 469 g/mol. The summed E-state index contributed by atoms with van der Waals surface area (Å²) < 4.78 is 10.4. The maximum atomic E-state index is 13.3. The second-order valence-electron chi connectivity index (χ2n) is 9.81. The first kappa shape index (κ1) is 19.5. The normalized spacial score (nSPS) is 27.3. The minimum absolute atomic E-state index is 0.122. The third-order valence-corrected chi connectivity index (χ3v) is 8.29. The van der Waals surface area contributed by atoms with E-state index in [9.17, 15) is 25.0 Å². The Kier molecular flexibility index (Phi) is 3.19. The number of benzene rings is 3. The van der Waals surface area contributed by atoms with Gasteiger partial charge < -0.3 is 24.1 Å². The molecule has 9 nitrogen and oxygen atoms in total. The van der Waals surface area contributed by atoms with Gasteiger partial charge in [0.15, 0.2) is 5.72 Å². The van der Waals surface area contributed by atoms with Crippen molar-refractivity contribution in [3.05, 3.63) is 59.7 Å². The first-order chi connectivity index (χ1) is 16.8. The summed E-state index contributed by atoms with van der Waals surface area (Å²) in [6, 6.07) is 14.9. The van der Waals surface area contributed by atoms with Crippen LogP contribution in [0.25, 0.3) is 43.6 Å². The molecule has 9 heteroatoms. The van der Waals surface area contributed by atoms with Crippen molar-refractivity contribution in [3.8, 4) is 0 Å². The average molecular weight is 469 g/mol. The minimum atomic E-state index is -1.62. The van der Waals surface area contributed by atoms with Gasteiger partial charge in [-0.1, -0.05) is 36.4 Å². The number of hydrogen-bond acceptors (Lipinski definition) is 6. The van der Waals surface area contributed by atoms with Gasteiger partial charge in [-0.2, -0.15) is 0 Å². The summed E-state index contributed by atoms with van der Waals surface area (Å²) in [5, 5.41) is 35.2. The topological polar surface area (TPSA) is 117 Å². The Morgan fingerprint density at radius 3 is 2.17 bits per heavy atom. The fourth-order valence-electron chi connectivity index (χ4n) is 6.70. The highest BCUT2D eigenvalue weighted by Gasteiger charge is 2.61. The number of carbonyl (C=O) groups excluding carboxylic acids is 2.